The van der Waals surface area contributed by atoms with Crippen LogP contribution < -0.4 is 5.32 Å². The van der Waals surface area contributed by atoms with Crippen molar-refractivity contribution in [1.29, 1.82) is 0 Å². The summed E-state index contributed by atoms with van der Waals surface area (Å²) in [6, 6.07) is 10.4. The lowest BCUT2D eigenvalue weighted by Gasteiger charge is -2.14. The van der Waals surface area contributed by atoms with Gasteiger partial charge in [-0.15, -0.1) is 0 Å². The van der Waals surface area contributed by atoms with Crippen LogP contribution in [0.2, 0.25) is 0 Å². The van der Waals surface area contributed by atoms with Crippen LogP contribution in [0.4, 0.5) is 0 Å². The molecule has 0 saturated heterocycles. The Hall–Kier alpha value is -1.09. The standard InChI is InChI=1S/C14H19NOS/c17-14(16-13-8-4-5-9-13)15-11-10-12-6-2-1-3-7-12/h1-3,6-7,13H,4-5,8-11H2,(H,15,17). The first-order chi connectivity index (χ1) is 8.34. The van der Waals surface area contributed by atoms with Crippen LogP contribution in [-0.2, 0) is 11.2 Å². The third kappa shape index (κ3) is 4.35. The SMILES string of the molecule is S=C(NCCc1ccccc1)OC1CCCC1. The van der Waals surface area contributed by atoms with Gasteiger partial charge in [0.1, 0.15) is 6.10 Å². The van der Waals surface area contributed by atoms with Crippen molar-refractivity contribution in [2.45, 2.75) is 38.2 Å². The van der Waals surface area contributed by atoms with E-state index in [9.17, 15) is 0 Å². The number of thiocarbonyl (C=S) groups is 1. The van der Waals surface area contributed by atoms with Crippen molar-refractivity contribution in [3.63, 3.8) is 0 Å². The van der Waals surface area contributed by atoms with E-state index in [1.54, 1.807) is 0 Å². The van der Waals surface area contributed by atoms with Crippen molar-refractivity contribution in [1.82, 2.24) is 5.32 Å². The Morgan fingerprint density at radius 1 is 1.24 bits per heavy atom. The van der Waals surface area contributed by atoms with Crippen molar-refractivity contribution in [2.75, 3.05) is 6.54 Å². The number of hydrogen-bond donors (Lipinski definition) is 1. The minimum Gasteiger partial charge on any atom is -0.468 e. The lowest BCUT2D eigenvalue weighted by molar-refractivity contribution is 0.193. The predicted molar refractivity (Wildman–Crippen MR) is 74.1 cm³/mol. The Balaban J connectivity index is 1.63. The van der Waals surface area contributed by atoms with Gasteiger partial charge in [0, 0.05) is 6.54 Å². The molecule has 3 heteroatoms. The van der Waals surface area contributed by atoms with Crippen molar-refractivity contribution in [2.24, 2.45) is 0 Å². The molecule has 0 radical (unpaired) electrons. The van der Waals surface area contributed by atoms with Gasteiger partial charge in [-0.2, -0.15) is 0 Å². The van der Waals surface area contributed by atoms with E-state index < -0.39 is 0 Å². The highest BCUT2D eigenvalue weighted by Crippen LogP contribution is 2.20. The summed E-state index contributed by atoms with van der Waals surface area (Å²) < 4.78 is 5.67. The molecule has 0 bridgehead atoms. The van der Waals surface area contributed by atoms with Gasteiger partial charge in [-0.05, 0) is 49.9 Å². The quantitative estimate of drug-likeness (QED) is 0.829. The molecule has 0 heterocycles. The highest BCUT2D eigenvalue weighted by Gasteiger charge is 2.17. The van der Waals surface area contributed by atoms with E-state index in [2.05, 4.69) is 29.6 Å². The molecule has 0 aromatic heterocycles. The monoisotopic (exact) mass is 249 g/mol. The highest BCUT2D eigenvalue weighted by molar-refractivity contribution is 7.80. The molecular weight excluding hydrogens is 230 g/mol. The van der Waals surface area contributed by atoms with E-state index >= 15 is 0 Å². The third-order valence-electron chi connectivity index (χ3n) is 3.10. The van der Waals surface area contributed by atoms with Crippen molar-refractivity contribution < 1.29 is 4.74 Å². The molecule has 1 fully saturated rings. The number of rotatable bonds is 4. The molecule has 1 saturated carbocycles. The molecule has 0 aliphatic heterocycles. The van der Waals surface area contributed by atoms with Gasteiger partial charge < -0.3 is 10.1 Å². The van der Waals surface area contributed by atoms with Crippen LogP contribution in [0.5, 0.6) is 0 Å². The largest absolute Gasteiger partial charge is 0.468 e. The Kier molecular flexibility index (Phi) is 4.80. The maximum absolute atomic E-state index is 5.67. The van der Waals surface area contributed by atoms with Crippen LogP contribution in [-0.4, -0.2) is 17.8 Å². The molecule has 0 amide bonds. The van der Waals surface area contributed by atoms with Gasteiger partial charge in [0.2, 0.25) is 0 Å². The Labute approximate surface area is 108 Å². The molecule has 1 aliphatic carbocycles. The van der Waals surface area contributed by atoms with Crippen LogP contribution in [0, 0.1) is 0 Å². The van der Waals surface area contributed by atoms with Crippen LogP contribution in [0.25, 0.3) is 0 Å². The van der Waals surface area contributed by atoms with Gasteiger partial charge >= 0.3 is 0 Å². The van der Waals surface area contributed by atoms with Crippen molar-refractivity contribution in [3.05, 3.63) is 35.9 Å². The average molecular weight is 249 g/mol. The fraction of sp³-hybridized carbons (Fsp3) is 0.500. The van der Waals surface area contributed by atoms with Crippen LogP contribution in [0.3, 0.4) is 0 Å². The van der Waals surface area contributed by atoms with E-state index in [0.717, 1.165) is 25.8 Å². The summed E-state index contributed by atoms with van der Waals surface area (Å²) in [5, 5.41) is 3.73. The second-order valence-corrected chi connectivity index (χ2v) is 4.84. The molecule has 2 nitrogen and oxygen atoms in total. The minimum absolute atomic E-state index is 0.353. The number of hydrogen-bond acceptors (Lipinski definition) is 2. The molecule has 0 spiro atoms. The molecule has 92 valence electrons. The van der Waals surface area contributed by atoms with Crippen molar-refractivity contribution >= 4 is 17.4 Å². The second-order valence-electron chi connectivity index (χ2n) is 4.47. The van der Waals surface area contributed by atoms with E-state index in [-0.39, 0.29) is 0 Å². The Morgan fingerprint density at radius 2 is 1.94 bits per heavy atom. The number of ether oxygens (including phenoxy) is 1. The summed E-state index contributed by atoms with van der Waals surface area (Å²) in [7, 11) is 0. The van der Waals surface area contributed by atoms with Gasteiger partial charge in [-0.25, -0.2) is 0 Å². The summed E-state index contributed by atoms with van der Waals surface area (Å²) in [6.45, 7) is 0.843. The summed E-state index contributed by atoms with van der Waals surface area (Å²) in [5.41, 5.74) is 1.32. The van der Waals surface area contributed by atoms with Gasteiger partial charge in [0.15, 0.2) is 0 Å². The first-order valence-corrected chi connectivity index (χ1v) is 6.74. The van der Waals surface area contributed by atoms with Crippen molar-refractivity contribution in [3.8, 4) is 0 Å². The minimum atomic E-state index is 0.353. The Bertz CT molecular complexity index is 346. The van der Waals surface area contributed by atoms with Gasteiger partial charge in [0.05, 0.1) is 0 Å². The zero-order chi connectivity index (χ0) is 11.9. The lowest BCUT2D eigenvalue weighted by atomic mass is 10.1. The van der Waals surface area contributed by atoms with Crippen LogP contribution >= 0.6 is 12.2 Å². The lowest BCUT2D eigenvalue weighted by Crippen LogP contribution is -2.29. The van der Waals surface area contributed by atoms with Gasteiger partial charge in [-0.1, -0.05) is 30.3 Å². The molecule has 1 aromatic carbocycles. The van der Waals surface area contributed by atoms with E-state index in [4.69, 9.17) is 17.0 Å². The number of benzene rings is 1. The summed E-state index contributed by atoms with van der Waals surface area (Å²) in [6.07, 6.45) is 6.19. The van der Waals surface area contributed by atoms with Gasteiger partial charge in [-0.3, -0.25) is 0 Å². The van der Waals surface area contributed by atoms with E-state index in [0.29, 0.717) is 11.3 Å². The Morgan fingerprint density at radius 3 is 2.65 bits per heavy atom. The normalized spacial score (nSPS) is 15.8. The highest BCUT2D eigenvalue weighted by atomic mass is 32.1. The molecule has 0 atom stereocenters. The first-order valence-electron chi connectivity index (χ1n) is 6.33. The fourth-order valence-electron chi connectivity index (χ4n) is 2.15. The first kappa shape index (κ1) is 12.4. The predicted octanol–water partition coefficient (Wildman–Crippen LogP) is 3.06. The molecule has 2 rings (SSSR count). The molecular formula is C14H19NOS. The summed E-state index contributed by atoms with van der Waals surface area (Å²) >= 11 is 5.17. The maximum atomic E-state index is 5.67. The van der Waals surface area contributed by atoms with Crippen LogP contribution in [0.15, 0.2) is 30.3 Å². The molecule has 17 heavy (non-hydrogen) atoms. The summed E-state index contributed by atoms with van der Waals surface area (Å²) in [4.78, 5) is 0. The van der Waals surface area contributed by atoms with Gasteiger partial charge in [0.25, 0.3) is 5.17 Å². The van der Waals surface area contributed by atoms with E-state index in [1.165, 1.54) is 18.4 Å². The third-order valence-corrected chi connectivity index (χ3v) is 3.34. The fourth-order valence-corrected chi connectivity index (χ4v) is 2.39. The van der Waals surface area contributed by atoms with E-state index in [1.807, 2.05) is 6.07 Å². The average Bonchev–Trinajstić information content (AvgIpc) is 2.83. The zero-order valence-corrected chi connectivity index (χ0v) is 10.8. The number of nitrogens with one attached hydrogen (secondary N) is 1. The van der Waals surface area contributed by atoms with Crippen LogP contribution in [0.1, 0.15) is 31.2 Å². The smallest absolute Gasteiger partial charge is 0.256 e. The topological polar surface area (TPSA) is 21.3 Å². The molecule has 1 aromatic rings. The zero-order valence-electron chi connectivity index (χ0n) is 10.0. The summed E-state index contributed by atoms with van der Waals surface area (Å²) in [5.74, 6) is 0. The maximum Gasteiger partial charge on any atom is 0.256 e. The molecule has 1 aliphatic rings. The molecule has 1 N–H and O–H groups in total. The second kappa shape index (κ2) is 6.60. The molecule has 0 unspecified atom stereocenters.